The van der Waals surface area contributed by atoms with E-state index in [1.54, 1.807) is 0 Å². The molecule has 0 fully saturated rings. The van der Waals surface area contributed by atoms with Gasteiger partial charge in [0.25, 0.3) is 0 Å². The summed E-state index contributed by atoms with van der Waals surface area (Å²) in [6.07, 6.45) is 0. The number of amides is 2. The minimum atomic E-state index is -0.850. The van der Waals surface area contributed by atoms with Gasteiger partial charge in [0.1, 0.15) is 13.2 Å². The van der Waals surface area contributed by atoms with Crippen LogP contribution in [-0.4, -0.2) is 23.8 Å². The number of carbonyl (C=O) groups is 2. The summed E-state index contributed by atoms with van der Waals surface area (Å²) in [6.45, 7) is -0.138. The fourth-order valence-corrected chi connectivity index (χ4v) is 0.981. The Kier molecular flexibility index (Phi) is 4.81. The molecule has 0 aromatic heterocycles. The van der Waals surface area contributed by atoms with Crippen LogP contribution in [0.15, 0.2) is 30.3 Å². The first-order chi connectivity index (χ1) is 7.72. The standard InChI is InChI=1S/C10H12N2O4/c13-9(6-11-10(14)12-15)16-7-8-4-2-1-3-5-8/h1-5,15H,6-7H2,(H2,11,12,14). The molecule has 6 heteroatoms. The summed E-state index contributed by atoms with van der Waals surface area (Å²) < 4.78 is 4.86. The second-order valence-corrected chi connectivity index (χ2v) is 2.94. The summed E-state index contributed by atoms with van der Waals surface area (Å²) >= 11 is 0. The van der Waals surface area contributed by atoms with E-state index in [-0.39, 0.29) is 13.2 Å². The van der Waals surface area contributed by atoms with Crippen molar-refractivity contribution in [1.29, 1.82) is 0 Å². The Labute approximate surface area is 92.2 Å². The molecule has 0 aliphatic carbocycles. The van der Waals surface area contributed by atoms with Crippen molar-refractivity contribution in [3.05, 3.63) is 35.9 Å². The second kappa shape index (κ2) is 6.41. The molecule has 2 amide bonds. The number of carbonyl (C=O) groups excluding carboxylic acids is 2. The molecule has 0 atom stereocenters. The molecule has 0 saturated heterocycles. The molecular formula is C10H12N2O4. The van der Waals surface area contributed by atoms with Crippen molar-refractivity contribution in [2.45, 2.75) is 6.61 Å². The number of hydrogen-bond acceptors (Lipinski definition) is 4. The number of ether oxygens (including phenoxy) is 1. The first-order valence-corrected chi connectivity index (χ1v) is 4.60. The molecule has 86 valence electrons. The van der Waals surface area contributed by atoms with Crippen molar-refractivity contribution in [3.63, 3.8) is 0 Å². The van der Waals surface area contributed by atoms with Gasteiger partial charge in [-0.1, -0.05) is 30.3 Å². The molecule has 0 radical (unpaired) electrons. The highest BCUT2D eigenvalue weighted by Crippen LogP contribution is 2.00. The van der Waals surface area contributed by atoms with Crippen molar-refractivity contribution < 1.29 is 19.5 Å². The van der Waals surface area contributed by atoms with Crippen LogP contribution in [0.3, 0.4) is 0 Å². The van der Waals surface area contributed by atoms with Crippen LogP contribution in [-0.2, 0) is 16.1 Å². The zero-order chi connectivity index (χ0) is 11.8. The maximum absolute atomic E-state index is 11.1. The van der Waals surface area contributed by atoms with E-state index in [1.165, 1.54) is 5.48 Å². The predicted octanol–water partition coefficient (Wildman–Crippen LogP) is 0.418. The van der Waals surface area contributed by atoms with Crippen LogP contribution in [0.4, 0.5) is 4.79 Å². The van der Waals surface area contributed by atoms with Gasteiger partial charge in [0, 0.05) is 0 Å². The van der Waals surface area contributed by atoms with Gasteiger partial charge in [-0.3, -0.25) is 10.0 Å². The van der Waals surface area contributed by atoms with Crippen LogP contribution in [0, 0.1) is 0 Å². The van der Waals surface area contributed by atoms with Crippen LogP contribution in [0.2, 0.25) is 0 Å². The van der Waals surface area contributed by atoms with E-state index in [9.17, 15) is 9.59 Å². The summed E-state index contributed by atoms with van der Waals surface area (Å²) in [5, 5.41) is 10.2. The Bertz CT molecular complexity index is 353. The summed E-state index contributed by atoms with van der Waals surface area (Å²) in [6, 6.07) is 8.32. The SMILES string of the molecule is O=C(NO)NCC(=O)OCc1ccccc1. The minimum Gasteiger partial charge on any atom is -0.460 e. The number of nitrogens with one attached hydrogen (secondary N) is 2. The monoisotopic (exact) mass is 224 g/mol. The molecule has 1 aromatic carbocycles. The Morgan fingerprint density at radius 2 is 1.94 bits per heavy atom. The van der Waals surface area contributed by atoms with Crippen LogP contribution in [0.25, 0.3) is 0 Å². The van der Waals surface area contributed by atoms with Crippen molar-refractivity contribution in [3.8, 4) is 0 Å². The summed E-state index contributed by atoms with van der Waals surface area (Å²) in [5.41, 5.74) is 2.20. The Morgan fingerprint density at radius 1 is 1.25 bits per heavy atom. The molecule has 16 heavy (non-hydrogen) atoms. The van der Waals surface area contributed by atoms with Crippen molar-refractivity contribution in [1.82, 2.24) is 10.8 Å². The van der Waals surface area contributed by atoms with Gasteiger partial charge in [0.2, 0.25) is 0 Å². The van der Waals surface area contributed by atoms with Gasteiger partial charge in [0.05, 0.1) is 0 Å². The van der Waals surface area contributed by atoms with Crippen LogP contribution in [0.5, 0.6) is 0 Å². The summed E-state index contributed by atoms with van der Waals surface area (Å²) in [7, 11) is 0. The number of rotatable bonds is 4. The number of esters is 1. The topological polar surface area (TPSA) is 87.7 Å². The average Bonchev–Trinajstić information content (AvgIpc) is 2.34. The van der Waals surface area contributed by atoms with Crippen LogP contribution in [0.1, 0.15) is 5.56 Å². The maximum atomic E-state index is 11.1. The van der Waals surface area contributed by atoms with E-state index >= 15 is 0 Å². The zero-order valence-corrected chi connectivity index (χ0v) is 8.47. The van der Waals surface area contributed by atoms with E-state index < -0.39 is 12.0 Å². The Morgan fingerprint density at radius 3 is 2.56 bits per heavy atom. The number of hydrogen-bond donors (Lipinski definition) is 3. The first-order valence-electron chi connectivity index (χ1n) is 4.60. The largest absolute Gasteiger partial charge is 0.460 e. The quantitative estimate of drug-likeness (QED) is 0.393. The second-order valence-electron chi connectivity index (χ2n) is 2.94. The van der Waals surface area contributed by atoms with Gasteiger partial charge in [-0.15, -0.1) is 0 Å². The minimum absolute atomic E-state index is 0.155. The molecule has 0 heterocycles. The molecule has 0 unspecified atom stereocenters. The zero-order valence-electron chi connectivity index (χ0n) is 8.47. The van der Waals surface area contributed by atoms with E-state index in [2.05, 4.69) is 5.32 Å². The molecule has 1 rings (SSSR count). The average molecular weight is 224 g/mol. The third-order valence-electron chi connectivity index (χ3n) is 1.74. The van der Waals surface area contributed by atoms with Gasteiger partial charge in [-0.2, -0.15) is 0 Å². The molecule has 0 bridgehead atoms. The number of hydroxylamine groups is 1. The smallest absolute Gasteiger partial charge is 0.339 e. The van der Waals surface area contributed by atoms with Crippen molar-refractivity contribution >= 4 is 12.0 Å². The molecule has 0 saturated carbocycles. The lowest BCUT2D eigenvalue weighted by atomic mass is 10.2. The highest BCUT2D eigenvalue weighted by atomic mass is 16.5. The lowest BCUT2D eigenvalue weighted by Crippen LogP contribution is -2.37. The van der Waals surface area contributed by atoms with Crippen LogP contribution >= 0.6 is 0 Å². The van der Waals surface area contributed by atoms with Crippen LogP contribution < -0.4 is 10.8 Å². The third kappa shape index (κ3) is 4.43. The first kappa shape index (κ1) is 12.0. The van der Waals surface area contributed by atoms with Gasteiger partial charge in [-0.25, -0.2) is 10.3 Å². The fraction of sp³-hybridized carbons (Fsp3) is 0.200. The fourth-order valence-electron chi connectivity index (χ4n) is 0.981. The summed E-state index contributed by atoms with van der Waals surface area (Å²) in [5.74, 6) is -0.576. The molecular weight excluding hydrogens is 212 g/mol. The molecule has 3 N–H and O–H groups in total. The van der Waals surface area contributed by atoms with Gasteiger partial charge in [0.15, 0.2) is 0 Å². The van der Waals surface area contributed by atoms with Gasteiger partial charge >= 0.3 is 12.0 Å². The van der Waals surface area contributed by atoms with E-state index in [0.29, 0.717) is 0 Å². The Hall–Kier alpha value is -2.08. The lowest BCUT2D eigenvalue weighted by Gasteiger charge is -2.05. The van der Waals surface area contributed by atoms with E-state index in [0.717, 1.165) is 5.56 Å². The summed E-state index contributed by atoms with van der Waals surface area (Å²) in [4.78, 5) is 21.6. The molecule has 1 aromatic rings. The van der Waals surface area contributed by atoms with E-state index in [1.807, 2.05) is 30.3 Å². The molecule has 6 nitrogen and oxygen atoms in total. The molecule has 0 spiro atoms. The number of urea groups is 1. The van der Waals surface area contributed by atoms with Crippen molar-refractivity contribution in [2.24, 2.45) is 0 Å². The van der Waals surface area contributed by atoms with Crippen molar-refractivity contribution in [2.75, 3.05) is 6.54 Å². The highest BCUT2D eigenvalue weighted by molar-refractivity contribution is 5.79. The molecule has 0 aliphatic rings. The number of benzene rings is 1. The lowest BCUT2D eigenvalue weighted by molar-refractivity contribution is -0.143. The third-order valence-corrected chi connectivity index (χ3v) is 1.74. The Balaban J connectivity index is 2.23. The predicted molar refractivity (Wildman–Crippen MR) is 54.6 cm³/mol. The van der Waals surface area contributed by atoms with E-state index in [4.69, 9.17) is 9.94 Å². The highest BCUT2D eigenvalue weighted by Gasteiger charge is 2.05. The molecule has 0 aliphatic heterocycles. The normalized spacial score (nSPS) is 9.31. The van der Waals surface area contributed by atoms with Gasteiger partial charge in [-0.05, 0) is 5.56 Å². The maximum Gasteiger partial charge on any atom is 0.339 e. The van der Waals surface area contributed by atoms with Gasteiger partial charge < -0.3 is 10.1 Å².